The molecule has 1 saturated carbocycles. The second kappa shape index (κ2) is 12.3. The fraction of sp³-hybridized carbons (Fsp3) is 0.280. The van der Waals surface area contributed by atoms with Gasteiger partial charge in [0.15, 0.2) is 11.6 Å². The average Bonchev–Trinajstić information content (AvgIpc) is 2.87. The van der Waals surface area contributed by atoms with Gasteiger partial charge in [0, 0.05) is 17.8 Å². The van der Waals surface area contributed by atoms with Crippen molar-refractivity contribution in [2.75, 3.05) is 12.4 Å². The number of carbonyl (C=O) groups excluding carboxylic acids is 1. The molecule has 174 valence electrons. The number of amides is 1. The number of hydrogen-bond donors (Lipinski definition) is 2. The number of ether oxygens (including phenoxy) is 1. The van der Waals surface area contributed by atoms with Crippen molar-refractivity contribution < 1.29 is 18.3 Å². The Morgan fingerprint density at radius 3 is 2.42 bits per heavy atom. The second-order valence-corrected chi connectivity index (χ2v) is 8.36. The van der Waals surface area contributed by atoms with Crippen LogP contribution in [0.25, 0.3) is 0 Å². The molecule has 8 heteroatoms. The summed E-state index contributed by atoms with van der Waals surface area (Å²) in [6, 6.07) is 18.0. The minimum Gasteiger partial charge on any atom is -0.494 e. The zero-order valence-electron chi connectivity index (χ0n) is 18.3. The molecule has 1 aliphatic carbocycles. The van der Waals surface area contributed by atoms with Crippen LogP contribution < -0.4 is 15.2 Å². The molecule has 1 aliphatic rings. The van der Waals surface area contributed by atoms with Crippen LogP contribution in [-0.2, 0) is 4.79 Å². The maximum atomic E-state index is 12.5. The molecule has 0 saturated heterocycles. The third-order valence-electron chi connectivity index (χ3n) is 5.63. The SMILES string of the molecule is COc1cccc(F)c1F.NSc1cc(NC(=O)C2CCC(c3ccccc3)CC2)ccn1. The smallest absolute Gasteiger partial charge is 0.227 e. The topological polar surface area (TPSA) is 77.2 Å². The van der Waals surface area contributed by atoms with Crippen LogP contribution in [0.15, 0.2) is 71.9 Å². The summed E-state index contributed by atoms with van der Waals surface area (Å²) in [6.07, 6.45) is 5.69. The van der Waals surface area contributed by atoms with Gasteiger partial charge in [0.1, 0.15) is 5.03 Å². The van der Waals surface area contributed by atoms with Crippen LogP contribution in [0.5, 0.6) is 5.75 Å². The van der Waals surface area contributed by atoms with Gasteiger partial charge in [-0.05, 0) is 73.4 Å². The van der Waals surface area contributed by atoms with E-state index in [1.165, 1.54) is 24.8 Å². The van der Waals surface area contributed by atoms with E-state index in [9.17, 15) is 13.6 Å². The van der Waals surface area contributed by atoms with Crippen molar-refractivity contribution in [3.63, 3.8) is 0 Å². The lowest BCUT2D eigenvalue weighted by atomic mass is 9.78. The number of pyridine rings is 1. The summed E-state index contributed by atoms with van der Waals surface area (Å²) in [7, 11) is 1.29. The predicted molar refractivity (Wildman–Crippen MR) is 127 cm³/mol. The molecule has 2 aromatic carbocycles. The van der Waals surface area contributed by atoms with E-state index in [1.807, 2.05) is 6.07 Å². The number of aromatic nitrogens is 1. The molecule has 0 atom stereocenters. The van der Waals surface area contributed by atoms with E-state index in [0.29, 0.717) is 10.9 Å². The molecule has 0 spiro atoms. The van der Waals surface area contributed by atoms with Gasteiger partial charge in [-0.1, -0.05) is 36.4 Å². The summed E-state index contributed by atoms with van der Waals surface area (Å²) in [5.74, 6) is -1.11. The van der Waals surface area contributed by atoms with Gasteiger partial charge in [-0.2, -0.15) is 4.39 Å². The molecule has 3 aromatic rings. The highest BCUT2D eigenvalue weighted by Crippen LogP contribution is 2.36. The number of anilines is 1. The van der Waals surface area contributed by atoms with Crippen LogP contribution in [0.2, 0.25) is 0 Å². The minimum atomic E-state index is -0.940. The number of hydrogen-bond acceptors (Lipinski definition) is 5. The summed E-state index contributed by atoms with van der Waals surface area (Å²) in [6.45, 7) is 0. The van der Waals surface area contributed by atoms with Gasteiger partial charge >= 0.3 is 0 Å². The number of nitrogens with one attached hydrogen (secondary N) is 1. The summed E-state index contributed by atoms with van der Waals surface area (Å²) in [5, 5.41) is 9.20. The van der Waals surface area contributed by atoms with E-state index in [2.05, 4.69) is 39.3 Å². The molecule has 0 radical (unpaired) electrons. The first-order valence-electron chi connectivity index (χ1n) is 10.7. The average molecular weight is 472 g/mol. The van der Waals surface area contributed by atoms with E-state index >= 15 is 0 Å². The Morgan fingerprint density at radius 1 is 1.06 bits per heavy atom. The molecule has 1 heterocycles. The Kier molecular flexibility index (Phi) is 9.21. The van der Waals surface area contributed by atoms with Gasteiger partial charge in [0.25, 0.3) is 0 Å². The lowest BCUT2D eigenvalue weighted by molar-refractivity contribution is -0.120. The lowest BCUT2D eigenvalue weighted by Gasteiger charge is -2.28. The third kappa shape index (κ3) is 7.00. The van der Waals surface area contributed by atoms with Crippen molar-refractivity contribution in [1.82, 2.24) is 4.98 Å². The number of carbonyl (C=O) groups is 1. The van der Waals surface area contributed by atoms with Gasteiger partial charge in [-0.25, -0.2) is 9.37 Å². The first-order chi connectivity index (χ1) is 16.0. The minimum absolute atomic E-state index is 0.0694. The molecule has 3 N–H and O–H groups in total. The van der Waals surface area contributed by atoms with E-state index in [0.717, 1.165) is 49.4 Å². The van der Waals surface area contributed by atoms with Gasteiger partial charge in [0.2, 0.25) is 11.7 Å². The van der Waals surface area contributed by atoms with Crippen LogP contribution in [0, 0.1) is 17.6 Å². The van der Waals surface area contributed by atoms with Gasteiger partial charge in [-0.15, -0.1) is 0 Å². The molecule has 4 rings (SSSR count). The summed E-state index contributed by atoms with van der Waals surface area (Å²) < 4.78 is 29.3. The van der Waals surface area contributed by atoms with E-state index in [4.69, 9.17) is 5.14 Å². The van der Waals surface area contributed by atoms with Crippen LogP contribution in [0.3, 0.4) is 0 Å². The molecule has 0 bridgehead atoms. The highest BCUT2D eigenvalue weighted by atomic mass is 32.2. The maximum absolute atomic E-state index is 12.5. The van der Waals surface area contributed by atoms with Crippen molar-refractivity contribution in [2.24, 2.45) is 11.1 Å². The van der Waals surface area contributed by atoms with Crippen molar-refractivity contribution in [3.8, 4) is 5.75 Å². The molecule has 5 nitrogen and oxygen atoms in total. The zero-order valence-corrected chi connectivity index (χ0v) is 19.2. The fourth-order valence-electron chi connectivity index (χ4n) is 3.85. The standard InChI is InChI=1S/C18H21N3OS.C7H6F2O/c19-23-17-12-16(10-11-20-17)21-18(22)15-8-6-14(7-9-15)13-4-2-1-3-5-13;1-10-6-4-2-3-5(8)7(6)9/h1-5,10-12,14-15H,6-9,19H2,(H,20,21,22);2-4H,1H3. The van der Waals surface area contributed by atoms with Crippen molar-refractivity contribution in [3.05, 3.63) is 84.1 Å². The number of nitrogens with zero attached hydrogens (tertiary/aromatic N) is 1. The molecular weight excluding hydrogens is 444 g/mol. The first-order valence-corrected chi connectivity index (χ1v) is 11.6. The summed E-state index contributed by atoms with van der Waals surface area (Å²) in [5.41, 5.74) is 2.16. The monoisotopic (exact) mass is 471 g/mol. The van der Waals surface area contributed by atoms with Crippen LogP contribution in [0.1, 0.15) is 37.2 Å². The lowest BCUT2D eigenvalue weighted by Crippen LogP contribution is -2.26. The number of rotatable bonds is 5. The van der Waals surface area contributed by atoms with E-state index in [1.54, 1.807) is 18.3 Å². The Bertz CT molecular complexity index is 1040. The van der Waals surface area contributed by atoms with E-state index < -0.39 is 11.6 Å². The number of halogens is 2. The Labute approximate surface area is 196 Å². The van der Waals surface area contributed by atoms with Gasteiger partial charge in [0.05, 0.1) is 7.11 Å². The third-order valence-corrected chi connectivity index (χ3v) is 6.09. The molecule has 0 aliphatic heterocycles. The fourth-order valence-corrected chi connectivity index (χ4v) is 4.17. The number of nitrogens with two attached hydrogens (primary N) is 1. The quantitative estimate of drug-likeness (QED) is 0.451. The number of methoxy groups -OCH3 is 1. The van der Waals surface area contributed by atoms with Crippen LogP contribution >= 0.6 is 11.9 Å². The molecule has 33 heavy (non-hydrogen) atoms. The molecule has 1 aromatic heterocycles. The van der Waals surface area contributed by atoms with Gasteiger partial charge in [-0.3, -0.25) is 9.93 Å². The van der Waals surface area contributed by atoms with Crippen molar-refractivity contribution in [2.45, 2.75) is 36.6 Å². The predicted octanol–water partition coefficient (Wildman–Crippen LogP) is 5.93. The molecule has 1 fully saturated rings. The summed E-state index contributed by atoms with van der Waals surface area (Å²) >= 11 is 1.08. The highest BCUT2D eigenvalue weighted by molar-refractivity contribution is 7.97. The van der Waals surface area contributed by atoms with Crippen molar-refractivity contribution >= 4 is 23.5 Å². The van der Waals surface area contributed by atoms with Crippen LogP contribution in [-0.4, -0.2) is 18.0 Å². The summed E-state index contributed by atoms with van der Waals surface area (Å²) in [4.78, 5) is 16.5. The van der Waals surface area contributed by atoms with Gasteiger partial charge < -0.3 is 10.1 Å². The number of benzene rings is 2. The second-order valence-electron chi connectivity index (χ2n) is 7.71. The molecule has 1 amide bonds. The van der Waals surface area contributed by atoms with Crippen molar-refractivity contribution in [1.29, 1.82) is 0 Å². The molecule has 0 unspecified atom stereocenters. The molecular formula is C25H27F2N3O2S. The highest BCUT2D eigenvalue weighted by Gasteiger charge is 2.27. The Hall–Kier alpha value is -2.97. The Balaban J connectivity index is 0.000000257. The van der Waals surface area contributed by atoms with Crippen LogP contribution in [0.4, 0.5) is 14.5 Å². The Morgan fingerprint density at radius 2 is 1.79 bits per heavy atom. The normalized spacial score (nSPS) is 17.5. The van der Waals surface area contributed by atoms with E-state index in [-0.39, 0.29) is 17.6 Å². The first kappa shape index (κ1) is 24.7. The zero-order chi connectivity index (χ0) is 23.6. The maximum Gasteiger partial charge on any atom is 0.227 e. The largest absolute Gasteiger partial charge is 0.494 e.